The molecule has 0 atom stereocenters. The van der Waals surface area contributed by atoms with Crippen molar-refractivity contribution >= 4 is 17.3 Å². The number of ketones is 1. The van der Waals surface area contributed by atoms with E-state index in [9.17, 15) is 4.79 Å². The summed E-state index contributed by atoms with van der Waals surface area (Å²) >= 11 is 0. The van der Waals surface area contributed by atoms with Gasteiger partial charge in [-0.2, -0.15) is 5.10 Å². The first-order valence-corrected chi connectivity index (χ1v) is 9.15. The summed E-state index contributed by atoms with van der Waals surface area (Å²) in [5.41, 5.74) is 6.20. The number of nitrogens with zero attached hydrogens (tertiary/aromatic N) is 3. The number of hydrogen-bond acceptors (Lipinski definition) is 4. The Hall–Kier alpha value is -2.66. The number of para-hydroxylation sites is 1. The molecular formula is C21H26N4O. The Bertz CT molecular complexity index is 765. The molecule has 0 radical (unpaired) electrons. The molecule has 5 heteroatoms. The molecule has 0 aliphatic carbocycles. The van der Waals surface area contributed by atoms with E-state index < -0.39 is 0 Å². The van der Waals surface area contributed by atoms with Crippen LogP contribution < -0.4 is 5.43 Å². The Balaban J connectivity index is 1.80. The Morgan fingerprint density at radius 1 is 1.00 bits per heavy atom. The minimum atomic E-state index is -0.0142. The van der Waals surface area contributed by atoms with Crippen molar-refractivity contribution in [2.24, 2.45) is 5.10 Å². The monoisotopic (exact) mass is 350 g/mol. The molecule has 1 heterocycles. The van der Waals surface area contributed by atoms with Crippen molar-refractivity contribution < 1.29 is 4.79 Å². The van der Waals surface area contributed by atoms with E-state index in [2.05, 4.69) is 45.4 Å². The lowest BCUT2D eigenvalue weighted by atomic mass is 10.0. The number of benzene rings is 2. The van der Waals surface area contributed by atoms with Crippen LogP contribution in [0.25, 0.3) is 11.1 Å². The maximum absolute atomic E-state index is 12.1. The second kappa shape index (κ2) is 8.63. The van der Waals surface area contributed by atoms with Gasteiger partial charge in [0.25, 0.3) is 0 Å². The van der Waals surface area contributed by atoms with Crippen LogP contribution in [-0.4, -0.2) is 54.1 Å². The van der Waals surface area contributed by atoms with E-state index >= 15 is 0 Å². The number of hydrazone groups is 1. The van der Waals surface area contributed by atoms with Crippen LogP contribution in [0.15, 0.2) is 59.7 Å². The molecule has 0 spiro atoms. The van der Waals surface area contributed by atoms with Crippen LogP contribution in [0.2, 0.25) is 0 Å². The van der Waals surface area contributed by atoms with Crippen molar-refractivity contribution in [1.82, 2.24) is 9.80 Å². The minimum Gasteiger partial charge on any atom is -0.350 e. The van der Waals surface area contributed by atoms with Crippen LogP contribution in [0, 0.1) is 0 Å². The van der Waals surface area contributed by atoms with Crippen molar-refractivity contribution in [3.05, 3.63) is 54.6 Å². The van der Waals surface area contributed by atoms with E-state index in [1.807, 2.05) is 36.4 Å². The number of anilines is 1. The van der Waals surface area contributed by atoms with Gasteiger partial charge in [-0.05, 0) is 18.2 Å². The molecule has 136 valence electrons. The summed E-state index contributed by atoms with van der Waals surface area (Å²) in [6.45, 7) is 8.37. The molecule has 0 saturated carbocycles. The van der Waals surface area contributed by atoms with Gasteiger partial charge >= 0.3 is 0 Å². The lowest BCUT2D eigenvalue weighted by Gasteiger charge is -2.35. The molecule has 26 heavy (non-hydrogen) atoms. The third-order valence-electron chi connectivity index (χ3n) is 4.73. The Morgan fingerprint density at radius 3 is 2.31 bits per heavy atom. The molecule has 1 aliphatic rings. The highest BCUT2D eigenvalue weighted by Gasteiger charge is 2.21. The minimum absolute atomic E-state index is 0.0142. The third-order valence-corrected chi connectivity index (χ3v) is 4.73. The average Bonchev–Trinajstić information content (AvgIpc) is 2.69. The summed E-state index contributed by atoms with van der Waals surface area (Å²) in [5, 5.41) is 4.48. The van der Waals surface area contributed by atoms with Gasteiger partial charge in [0.05, 0.1) is 5.69 Å². The van der Waals surface area contributed by atoms with E-state index in [1.54, 1.807) is 6.92 Å². The largest absolute Gasteiger partial charge is 0.350 e. The van der Waals surface area contributed by atoms with Gasteiger partial charge in [0, 0.05) is 38.7 Å². The average molecular weight is 350 g/mol. The van der Waals surface area contributed by atoms with Gasteiger partial charge < -0.3 is 9.80 Å². The topological polar surface area (TPSA) is 47.9 Å². The summed E-state index contributed by atoms with van der Waals surface area (Å²) in [6, 6.07) is 18.2. The fourth-order valence-corrected chi connectivity index (χ4v) is 3.21. The van der Waals surface area contributed by atoms with Crippen LogP contribution in [-0.2, 0) is 4.79 Å². The summed E-state index contributed by atoms with van der Waals surface area (Å²) in [4.78, 5) is 16.6. The number of likely N-dealkylation sites (N-methyl/N-ethyl adjacent to an activating group) is 1. The van der Waals surface area contributed by atoms with Gasteiger partial charge in [-0.25, -0.2) is 0 Å². The molecule has 2 aromatic rings. The Labute approximate surface area is 155 Å². The van der Waals surface area contributed by atoms with E-state index in [1.165, 1.54) is 0 Å². The highest BCUT2D eigenvalue weighted by Crippen LogP contribution is 2.27. The van der Waals surface area contributed by atoms with E-state index in [-0.39, 0.29) is 5.78 Å². The SMILES string of the molecule is CCN1CCN(C(=NNc2ccccc2-c2ccccc2)C(C)=O)CC1. The summed E-state index contributed by atoms with van der Waals surface area (Å²) in [7, 11) is 0. The predicted octanol–water partition coefficient (Wildman–Crippen LogP) is 3.31. The van der Waals surface area contributed by atoms with Crippen LogP contribution in [0.5, 0.6) is 0 Å². The van der Waals surface area contributed by atoms with Crippen molar-refractivity contribution in [3.8, 4) is 11.1 Å². The van der Waals surface area contributed by atoms with E-state index in [4.69, 9.17) is 0 Å². The molecule has 5 nitrogen and oxygen atoms in total. The van der Waals surface area contributed by atoms with Crippen LogP contribution >= 0.6 is 0 Å². The molecule has 1 aliphatic heterocycles. The van der Waals surface area contributed by atoms with E-state index in [0.717, 1.165) is 49.5 Å². The summed E-state index contributed by atoms with van der Waals surface area (Å²) < 4.78 is 0. The first kappa shape index (κ1) is 18.1. The lowest BCUT2D eigenvalue weighted by molar-refractivity contribution is -0.111. The number of hydrogen-bond donors (Lipinski definition) is 1. The molecule has 1 N–H and O–H groups in total. The van der Waals surface area contributed by atoms with E-state index in [0.29, 0.717) is 5.84 Å². The number of nitrogens with one attached hydrogen (secondary N) is 1. The summed E-state index contributed by atoms with van der Waals surface area (Å²) in [5.74, 6) is 0.489. The Morgan fingerprint density at radius 2 is 1.65 bits per heavy atom. The fourth-order valence-electron chi connectivity index (χ4n) is 3.21. The molecule has 0 amide bonds. The molecule has 1 saturated heterocycles. The van der Waals surface area contributed by atoms with Crippen LogP contribution in [0.3, 0.4) is 0 Å². The maximum Gasteiger partial charge on any atom is 0.196 e. The number of carbonyl (C=O) groups is 1. The number of carbonyl (C=O) groups excluding carboxylic acids is 1. The highest BCUT2D eigenvalue weighted by atomic mass is 16.1. The molecule has 0 unspecified atom stereocenters. The van der Waals surface area contributed by atoms with Gasteiger partial charge in [-0.3, -0.25) is 10.2 Å². The van der Waals surface area contributed by atoms with Crippen LogP contribution in [0.4, 0.5) is 5.69 Å². The van der Waals surface area contributed by atoms with Gasteiger partial charge in [-0.15, -0.1) is 0 Å². The zero-order valence-electron chi connectivity index (χ0n) is 15.5. The predicted molar refractivity (Wildman–Crippen MR) is 107 cm³/mol. The first-order chi connectivity index (χ1) is 12.7. The standard InChI is InChI=1S/C21H26N4O/c1-3-24-13-15-25(16-14-24)21(17(2)26)23-22-20-12-8-7-11-19(20)18-9-5-4-6-10-18/h4-12,22H,3,13-16H2,1-2H3. The van der Waals surface area contributed by atoms with Gasteiger partial charge in [0.15, 0.2) is 11.6 Å². The number of Topliss-reactive ketones (excluding diaryl/α,β-unsaturated/α-hetero) is 1. The van der Waals surface area contributed by atoms with Crippen molar-refractivity contribution in [2.45, 2.75) is 13.8 Å². The molecule has 1 fully saturated rings. The van der Waals surface area contributed by atoms with Gasteiger partial charge in [0.1, 0.15) is 0 Å². The van der Waals surface area contributed by atoms with Gasteiger partial charge in [0.2, 0.25) is 0 Å². The third kappa shape index (κ3) is 4.29. The van der Waals surface area contributed by atoms with Crippen molar-refractivity contribution in [3.63, 3.8) is 0 Å². The molecule has 0 bridgehead atoms. The first-order valence-electron chi connectivity index (χ1n) is 9.15. The normalized spacial score (nSPS) is 15.8. The van der Waals surface area contributed by atoms with Crippen molar-refractivity contribution in [1.29, 1.82) is 0 Å². The van der Waals surface area contributed by atoms with Crippen LogP contribution in [0.1, 0.15) is 13.8 Å². The summed E-state index contributed by atoms with van der Waals surface area (Å²) in [6.07, 6.45) is 0. The fraction of sp³-hybridized carbons (Fsp3) is 0.333. The smallest absolute Gasteiger partial charge is 0.196 e. The molecule has 3 rings (SSSR count). The number of piperazine rings is 1. The second-order valence-corrected chi connectivity index (χ2v) is 6.44. The Kier molecular flexibility index (Phi) is 6.02. The molecule has 0 aromatic heterocycles. The maximum atomic E-state index is 12.1. The highest BCUT2D eigenvalue weighted by molar-refractivity contribution is 6.37. The second-order valence-electron chi connectivity index (χ2n) is 6.44. The van der Waals surface area contributed by atoms with Crippen molar-refractivity contribution in [2.75, 3.05) is 38.1 Å². The molecular weight excluding hydrogens is 324 g/mol. The number of amidine groups is 1. The zero-order valence-corrected chi connectivity index (χ0v) is 15.5. The number of rotatable bonds is 5. The zero-order chi connectivity index (χ0) is 18.4. The molecule has 2 aromatic carbocycles. The lowest BCUT2D eigenvalue weighted by Crippen LogP contribution is -2.50. The van der Waals surface area contributed by atoms with Gasteiger partial charge in [-0.1, -0.05) is 55.5 Å². The quantitative estimate of drug-likeness (QED) is 0.511.